The van der Waals surface area contributed by atoms with Gasteiger partial charge in [0.2, 0.25) is 0 Å². The first kappa shape index (κ1) is 12.8. The van der Waals surface area contributed by atoms with Crippen molar-refractivity contribution in [2.24, 2.45) is 11.1 Å². The molecule has 1 aromatic heterocycles. The van der Waals surface area contributed by atoms with Crippen molar-refractivity contribution >= 4 is 17.8 Å². The lowest BCUT2D eigenvalue weighted by Crippen LogP contribution is -2.28. The minimum atomic E-state index is -0.244. The fraction of sp³-hybridized carbons (Fsp3) is 0.455. The third kappa shape index (κ3) is 2.44. The van der Waals surface area contributed by atoms with E-state index in [0.29, 0.717) is 5.92 Å². The monoisotopic (exact) mass is 242 g/mol. The maximum atomic E-state index is 12.0. The molecule has 0 radical (unpaired) electrons. The molecule has 0 aliphatic carbocycles. The molecule has 1 N–H and O–H groups in total. The second kappa shape index (κ2) is 5.16. The van der Waals surface area contributed by atoms with E-state index < -0.39 is 0 Å². The molecule has 0 aromatic carbocycles. The number of oxime groups is 1. The molecular formula is C11H15ClN2O2. The van der Waals surface area contributed by atoms with Gasteiger partial charge in [0, 0.05) is 12.2 Å². The lowest BCUT2D eigenvalue weighted by atomic mass is 10.1. The van der Waals surface area contributed by atoms with Gasteiger partial charge in [0.05, 0.1) is 16.8 Å². The van der Waals surface area contributed by atoms with Crippen LogP contribution in [0.3, 0.4) is 0 Å². The molecule has 0 aliphatic rings. The Kier molecular flexibility index (Phi) is 4.12. The van der Waals surface area contributed by atoms with Gasteiger partial charge in [0.15, 0.2) is 0 Å². The highest BCUT2D eigenvalue weighted by molar-refractivity contribution is 6.32. The Morgan fingerprint density at radius 3 is 2.62 bits per heavy atom. The lowest BCUT2D eigenvalue weighted by Gasteiger charge is -2.19. The van der Waals surface area contributed by atoms with E-state index in [9.17, 15) is 4.79 Å². The van der Waals surface area contributed by atoms with E-state index in [1.54, 1.807) is 16.8 Å². The lowest BCUT2D eigenvalue weighted by molar-refractivity contribution is 0.321. The Balaban J connectivity index is 3.35. The highest BCUT2D eigenvalue weighted by Gasteiger charge is 2.14. The third-order valence-electron chi connectivity index (χ3n) is 2.69. The molecule has 0 spiro atoms. The summed E-state index contributed by atoms with van der Waals surface area (Å²) in [6.45, 7) is 6.02. The van der Waals surface area contributed by atoms with E-state index in [1.807, 2.05) is 20.8 Å². The zero-order valence-corrected chi connectivity index (χ0v) is 10.3. The van der Waals surface area contributed by atoms with E-state index in [-0.39, 0.29) is 22.2 Å². The van der Waals surface area contributed by atoms with Crippen LogP contribution >= 0.6 is 11.6 Å². The Hall–Kier alpha value is -1.29. The van der Waals surface area contributed by atoms with Crippen LogP contribution in [0, 0.1) is 5.92 Å². The number of halogens is 1. The average Bonchev–Trinajstić information content (AvgIpc) is 2.23. The van der Waals surface area contributed by atoms with Crippen molar-refractivity contribution in [2.75, 3.05) is 0 Å². The van der Waals surface area contributed by atoms with E-state index in [0.717, 1.165) is 6.21 Å². The summed E-state index contributed by atoms with van der Waals surface area (Å²) in [5.74, 6) is 0.331. The van der Waals surface area contributed by atoms with Crippen molar-refractivity contribution in [1.82, 2.24) is 4.57 Å². The van der Waals surface area contributed by atoms with Crippen LogP contribution in [-0.2, 0) is 0 Å². The molecule has 0 amide bonds. The number of rotatable bonds is 3. The molecule has 5 heteroatoms. The molecule has 0 aliphatic heterocycles. The molecule has 16 heavy (non-hydrogen) atoms. The minimum absolute atomic E-state index is 0.0654. The average molecular weight is 243 g/mol. The third-order valence-corrected chi connectivity index (χ3v) is 3.02. The Morgan fingerprint density at radius 1 is 1.50 bits per heavy atom. The van der Waals surface area contributed by atoms with Crippen LogP contribution < -0.4 is 5.56 Å². The number of nitrogens with zero attached hydrogens (tertiary/aromatic N) is 2. The predicted octanol–water partition coefficient (Wildman–Crippen LogP) is 2.53. The van der Waals surface area contributed by atoms with Crippen LogP contribution in [-0.4, -0.2) is 16.0 Å². The zero-order chi connectivity index (χ0) is 12.3. The standard InChI is InChI=1S/C11H15ClN2O2/c1-7(2)8(3)14-5-4-10(12)9(6-13-16)11(14)15/h4-8,16H,1-3H3/b13-6-. The highest BCUT2D eigenvalue weighted by Crippen LogP contribution is 2.17. The van der Waals surface area contributed by atoms with Crippen molar-refractivity contribution in [2.45, 2.75) is 26.8 Å². The maximum Gasteiger partial charge on any atom is 0.261 e. The first-order chi connectivity index (χ1) is 7.49. The van der Waals surface area contributed by atoms with E-state index in [2.05, 4.69) is 5.16 Å². The van der Waals surface area contributed by atoms with Gasteiger partial charge in [-0.05, 0) is 18.9 Å². The second-order valence-corrected chi connectivity index (χ2v) is 4.43. The SMILES string of the molecule is CC(C)C(C)n1ccc(Cl)c(/C=N\O)c1=O. The van der Waals surface area contributed by atoms with Crippen LogP contribution in [0.4, 0.5) is 0 Å². The normalized spacial score (nSPS) is 13.6. The van der Waals surface area contributed by atoms with Gasteiger partial charge in [-0.25, -0.2) is 0 Å². The van der Waals surface area contributed by atoms with Gasteiger partial charge in [-0.15, -0.1) is 0 Å². The molecule has 1 atom stereocenters. The predicted molar refractivity (Wildman–Crippen MR) is 64.6 cm³/mol. The number of aromatic nitrogens is 1. The van der Waals surface area contributed by atoms with Gasteiger partial charge < -0.3 is 9.77 Å². The largest absolute Gasteiger partial charge is 0.411 e. The van der Waals surface area contributed by atoms with Crippen molar-refractivity contribution in [3.63, 3.8) is 0 Å². The topological polar surface area (TPSA) is 54.6 Å². The van der Waals surface area contributed by atoms with Gasteiger partial charge in [-0.3, -0.25) is 4.79 Å². The number of hydrogen-bond acceptors (Lipinski definition) is 3. The number of hydrogen-bond donors (Lipinski definition) is 1. The molecule has 1 aromatic rings. The van der Waals surface area contributed by atoms with Gasteiger partial charge in [-0.2, -0.15) is 0 Å². The van der Waals surface area contributed by atoms with E-state index in [4.69, 9.17) is 16.8 Å². The molecule has 0 saturated carbocycles. The summed E-state index contributed by atoms with van der Waals surface area (Å²) in [6, 6.07) is 1.69. The minimum Gasteiger partial charge on any atom is -0.411 e. The van der Waals surface area contributed by atoms with Gasteiger partial charge in [0.1, 0.15) is 0 Å². The Morgan fingerprint density at radius 2 is 2.12 bits per heavy atom. The van der Waals surface area contributed by atoms with Gasteiger partial charge in [0.25, 0.3) is 5.56 Å². The summed E-state index contributed by atoms with van der Waals surface area (Å²) < 4.78 is 1.59. The molecule has 1 heterocycles. The van der Waals surface area contributed by atoms with Crippen molar-refractivity contribution in [1.29, 1.82) is 0 Å². The quantitative estimate of drug-likeness (QED) is 0.503. The van der Waals surface area contributed by atoms with Gasteiger partial charge >= 0.3 is 0 Å². The zero-order valence-electron chi connectivity index (χ0n) is 9.51. The number of pyridine rings is 1. The summed E-state index contributed by atoms with van der Waals surface area (Å²) in [5.41, 5.74) is -0.0364. The van der Waals surface area contributed by atoms with E-state index in [1.165, 1.54) is 0 Å². The molecule has 1 unspecified atom stereocenters. The first-order valence-corrected chi connectivity index (χ1v) is 5.45. The summed E-state index contributed by atoms with van der Waals surface area (Å²) in [4.78, 5) is 12.0. The highest BCUT2D eigenvalue weighted by atomic mass is 35.5. The van der Waals surface area contributed by atoms with Crippen molar-refractivity contribution in [3.8, 4) is 0 Å². The Labute approximate surface area is 99.2 Å². The molecule has 0 fully saturated rings. The smallest absolute Gasteiger partial charge is 0.261 e. The van der Waals surface area contributed by atoms with Crippen LogP contribution in [0.25, 0.3) is 0 Å². The molecular weight excluding hydrogens is 228 g/mol. The summed E-state index contributed by atoms with van der Waals surface area (Å²) in [5, 5.41) is 11.6. The van der Waals surface area contributed by atoms with Crippen LogP contribution in [0.2, 0.25) is 5.02 Å². The second-order valence-electron chi connectivity index (χ2n) is 4.02. The molecule has 0 bridgehead atoms. The van der Waals surface area contributed by atoms with Gasteiger partial charge in [-0.1, -0.05) is 30.6 Å². The summed E-state index contributed by atoms with van der Waals surface area (Å²) in [6.07, 6.45) is 2.72. The summed E-state index contributed by atoms with van der Waals surface area (Å²) >= 11 is 5.85. The maximum absolute atomic E-state index is 12.0. The fourth-order valence-electron chi connectivity index (χ4n) is 1.36. The van der Waals surface area contributed by atoms with Crippen molar-refractivity contribution < 1.29 is 5.21 Å². The first-order valence-electron chi connectivity index (χ1n) is 5.07. The molecule has 88 valence electrons. The van der Waals surface area contributed by atoms with Crippen LogP contribution in [0.5, 0.6) is 0 Å². The molecule has 1 rings (SSSR count). The van der Waals surface area contributed by atoms with Crippen molar-refractivity contribution in [3.05, 3.63) is 33.2 Å². The molecule has 4 nitrogen and oxygen atoms in total. The summed E-state index contributed by atoms with van der Waals surface area (Å²) in [7, 11) is 0. The van der Waals surface area contributed by atoms with Crippen LogP contribution in [0.15, 0.2) is 22.2 Å². The van der Waals surface area contributed by atoms with Crippen LogP contribution in [0.1, 0.15) is 32.4 Å². The Bertz CT molecular complexity index is 452. The molecule has 0 saturated heterocycles. The van der Waals surface area contributed by atoms with E-state index >= 15 is 0 Å². The fourth-order valence-corrected chi connectivity index (χ4v) is 1.55.